The molecule has 0 bridgehead atoms. The van der Waals surface area contributed by atoms with Gasteiger partial charge in [0, 0.05) is 20.3 Å². The van der Waals surface area contributed by atoms with Crippen molar-refractivity contribution in [3.8, 4) is 17.2 Å². The second-order valence-corrected chi connectivity index (χ2v) is 7.29. The van der Waals surface area contributed by atoms with Crippen LogP contribution < -0.4 is 4.74 Å². The predicted molar refractivity (Wildman–Crippen MR) is 97.7 cm³/mol. The quantitative estimate of drug-likeness (QED) is 0.471. The van der Waals surface area contributed by atoms with E-state index in [1.807, 2.05) is 42.5 Å². The highest BCUT2D eigenvalue weighted by atomic mass is 79.9. The van der Waals surface area contributed by atoms with E-state index in [0.717, 1.165) is 25.8 Å². The maximum atomic E-state index is 5.73. The molecule has 1 heterocycles. The summed E-state index contributed by atoms with van der Waals surface area (Å²) >= 11 is 8.44. The smallest absolute Gasteiger partial charge is 0.277 e. The Kier molecular flexibility index (Phi) is 5.40. The standard InChI is InChI=1S/C16H12Br2N2O2S/c1-21-14-7-6-11(17)8-10(14)9-23-16-20-19-15(22-16)12-4-2-3-5-13(12)18/h2-8H,9H2,1H3. The van der Waals surface area contributed by atoms with Gasteiger partial charge in [0.1, 0.15) is 5.75 Å². The summed E-state index contributed by atoms with van der Waals surface area (Å²) in [4.78, 5) is 0. The summed E-state index contributed by atoms with van der Waals surface area (Å²) in [6.07, 6.45) is 0. The number of aromatic nitrogens is 2. The van der Waals surface area contributed by atoms with Gasteiger partial charge in [-0.3, -0.25) is 0 Å². The van der Waals surface area contributed by atoms with Crippen molar-refractivity contribution in [3.05, 3.63) is 57.0 Å². The number of hydrogen-bond donors (Lipinski definition) is 0. The number of benzene rings is 2. The van der Waals surface area contributed by atoms with Crippen LogP contribution in [0.1, 0.15) is 5.56 Å². The largest absolute Gasteiger partial charge is 0.496 e. The summed E-state index contributed by atoms with van der Waals surface area (Å²) < 4.78 is 13.0. The molecule has 0 N–H and O–H groups in total. The molecule has 0 saturated carbocycles. The highest BCUT2D eigenvalue weighted by Crippen LogP contribution is 2.32. The van der Waals surface area contributed by atoms with E-state index in [9.17, 15) is 0 Å². The molecule has 118 valence electrons. The Morgan fingerprint density at radius 1 is 1.13 bits per heavy atom. The minimum absolute atomic E-state index is 0.501. The number of thioether (sulfide) groups is 1. The molecule has 0 spiro atoms. The van der Waals surface area contributed by atoms with Gasteiger partial charge < -0.3 is 9.15 Å². The lowest BCUT2D eigenvalue weighted by atomic mass is 10.2. The molecular weight excluding hydrogens is 444 g/mol. The van der Waals surface area contributed by atoms with Gasteiger partial charge in [-0.25, -0.2) is 0 Å². The number of halogens is 2. The van der Waals surface area contributed by atoms with E-state index >= 15 is 0 Å². The molecule has 0 saturated heterocycles. The molecule has 4 nitrogen and oxygen atoms in total. The van der Waals surface area contributed by atoms with Crippen LogP contribution in [0.2, 0.25) is 0 Å². The maximum Gasteiger partial charge on any atom is 0.277 e. The molecule has 0 aliphatic rings. The Morgan fingerprint density at radius 2 is 1.96 bits per heavy atom. The van der Waals surface area contributed by atoms with Gasteiger partial charge >= 0.3 is 0 Å². The van der Waals surface area contributed by atoms with Crippen molar-refractivity contribution in [2.45, 2.75) is 11.0 Å². The normalized spacial score (nSPS) is 10.7. The van der Waals surface area contributed by atoms with Crippen molar-refractivity contribution in [3.63, 3.8) is 0 Å². The Hall–Kier alpha value is -1.31. The van der Waals surface area contributed by atoms with Crippen molar-refractivity contribution in [2.24, 2.45) is 0 Å². The van der Waals surface area contributed by atoms with Crippen LogP contribution in [-0.4, -0.2) is 17.3 Å². The Morgan fingerprint density at radius 3 is 2.74 bits per heavy atom. The first-order valence-corrected chi connectivity index (χ1v) is 9.28. The fraction of sp³-hybridized carbons (Fsp3) is 0.125. The summed E-state index contributed by atoms with van der Waals surface area (Å²) in [6.45, 7) is 0. The molecule has 0 radical (unpaired) electrons. The fourth-order valence-electron chi connectivity index (χ4n) is 2.01. The van der Waals surface area contributed by atoms with Gasteiger partial charge in [-0.1, -0.05) is 39.8 Å². The fourth-order valence-corrected chi connectivity index (χ4v) is 3.61. The minimum atomic E-state index is 0.501. The van der Waals surface area contributed by atoms with Gasteiger partial charge in [0.2, 0.25) is 5.89 Å². The van der Waals surface area contributed by atoms with Crippen molar-refractivity contribution in [1.82, 2.24) is 10.2 Å². The monoisotopic (exact) mass is 454 g/mol. The van der Waals surface area contributed by atoms with E-state index in [1.165, 1.54) is 11.8 Å². The van der Waals surface area contributed by atoms with Crippen LogP contribution in [0, 0.1) is 0 Å². The Balaban J connectivity index is 1.76. The van der Waals surface area contributed by atoms with E-state index in [2.05, 4.69) is 42.1 Å². The molecule has 0 aliphatic heterocycles. The van der Waals surface area contributed by atoms with Crippen LogP contribution in [0.3, 0.4) is 0 Å². The zero-order chi connectivity index (χ0) is 16.2. The third-order valence-corrected chi connectivity index (χ3v) is 5.16. The molecule has 7 heteroatoms. The Bertz CT molecular complexity index is 823. The van der Waals surface area contributed by atoms with E-state index in [1.54, 1.807) is 7.11 Å². The van der Waals surface area contributed by atoms with Crippen LogP contribution in [0.4, 0.5) is 0 Å². The number of rotatable bonds is 5. The van der Waals surface area contributed by atoms with Crippen molar-refractivity contribution < 1.29 is 9.15 Å². The maximum absolute atomic E-state index is 5.73. The van der Waals surface area contributed by atoms with Gasteiger partial charge in [0.25, 0.3) is 5.22 Å². The third-order valence-electron chi connectivity index (χ3n) is 3.10. The summed E-state index contributed by atoms with van der Waals surface area (Å²) in [5.41, 5.74) is 1.94. The number of nitrogens with zero attached hydrogens (tertiary/aromatic N) is 2. The second kappa shape index (κ2) is 7.51. The molecule has 3 rings (SSSR count). The van der Waals surface area contributed by atoms with E-state index in [4.69, 9.17) is 9.15 Å². The summed E-state index contributed by atoms with van der Waals surface area (Å²) in [5.74, 6) is 2.02. The van der Waals surface area contributed by atoms with Crippen molar-refractivity contribution in [1.29, 1.82) is 0 Å². The lowest BCUT2D eigenvalue weighted by molar-refractivity contribution is 0.411. The predicted octanol–water partition coefficient (Wildman–Crippen LogP) is 5.56. The second-order valence-electron chi connectivity index (χ2n) is 4.60. The molecule has 0 amide bonds. The summed E-state index contributed by atoms with van der Waals surface area (Å²) in [5, 5.41) is 8.74. The number of methoxy groups -OCH3 is 1. The first kappa shape index (κ1) is 16.5. The molecule has 0 fully saturated rings. The Labute approximate surface area is 154 Å². The molecule has 3 aromatic rings. The lowest BCUT2D eigenvalue weighted by Crippen LogP contribution is -1.90. The zero-order valence-corrected chi connectivity index (χ0v) is 16.1. The topological polar surface area (TPSA) is 48.2 Å². The molecule has 0 unspecified atom stereocenters. The van der Waals surface area contributed by atoms with Crippen molar-refractivity contribution in [2.75, 3.05) is 7.11 Å². The number of hydrogen-bond acceptors (Lipinski definition) is 5. The number of ether oxygens (including phenoxy) is 1. The van der Waals surface area contributed by atoms with Gasteiger partial charge in [-0.05, 0) is 46.3 Å². The van der Waals surface area contributed by atoms with Crippen LogP contribution in [-0.2, 0) is 5.75 Å². The highest BCUT2D eigenvalue weighted by Gasteiger charge is 2.13. The molecule has 23 heavy (non-hydrogen) atoms. The van der Waals surface area contributed by atoms with Crippen LogP contribution >= 0.6 is 43.6 Å². The van der Waals surface area contributed by atoms with E-state index in [-0.39, 0.29) is 0 Å². The van der Waals surface area contributed by atoms with Gasteiger partial charge in [0.05, 0.1) is 12.7 Å². The van der Waals surface area contributed by atoms with Crippen LogP contribution in [0.25, 0.3) is 11.5 Å². The SMILES string of the molecule is COc1ccc(Br)cc1CSc1nnc(-c2ccccc2Br)o1. The molecular formula is C16H12Br2N2O2S. The van der Waals surface area contributed by atoms with Crippen LogP contribution in [0.5, 0.6) is 5.75 Å². The summed E-state index contributed by atoms with van der Waals surface area (Å²) in [6, 6.07) is 13.7. The third kappa shape index (κ3) is 3.97. The lowest BCUT2D eigenvalue weighted by Gasteiger charge is -2.07. The molecule has 2 aromatic carbocycles. The minimum Gasteiger partial charge on any atom is -0.496 e. The molecule has 1 aromatic heterocycles. The molecule has 0 atom stereocenters. The zero-order valence-electron chi connectivity index (χ0n) is 12.1. The van der Waals surface area contributed by atoms with E-state index in [0.29, 0.717) is 16.9 Å². The van der Waals surface area contributed by atoms with Gasteiger partial charge in [0.15, 0.2) is 0 Å². The van der Waals surface area contributed by atoms with Gasteiger partial charge in [-0.15, -0.1) is 10.2 Å². The van der Waals surface area contributed by atoms with Crippen molar-refractivity contribution >= 4 is 43.6 Å². The highest BCUT2D eigenvalue weighted by molar-refractivity contribution is 9.10. The van der Waals surface area contributed by atoms with E-state index < -0.39 is 0 Å². The summed E-state index contributed by atoms with van der Waals surface area (Å²) in [7, 11) is 1.66. The average molecular weight is 456 g/mol. The first-order chi connectivity index (χ1) is 11.2. The van der Waals surface area contributed by atoms with Crippen LogP contribution in [0.15, 0.2) is 61.0 Å². The average Bonchev–Trinajstić information content (AvgIpc) is 3.02. The first-order valence-electron chi connectivity index (χ1n) is 6.71. The molecule has 0 aliphatic carbocycles. The van der Waals surface area contributed by atoms with Gasteiger partial charge in [-0.2, -0.15) is 0 Å².